The van der Waals surface area contributed by atoms with E-state index in [1.54, 1.807) is 62.1 Å². The van der Waals surface area contributed by atoms with E-state index < -0.39 is 12.0 Å². The lowest BCUT2D eigenvalue weighted by atomic mass is 9.94. The predicted molar refractivity (Wildman–Crippen MR) is 184 cm³/mol. The van der Waals surface area contributed by atoms with E-state index in [1.165, 1.54) is 11.3 Å². The Labute approximate surface area is 288 Å². The lowest BCUT2D eigenvalue weighted by Gasteiger charge is -2.26. The third-order valence-electron chi connectivity index (χ3n) is 7.25. The standard InChI is InChI=1S/C34H31BrCl2N2O6S/c1-5-7-25-30(33(41)44-6-2)31(21-10-13-26(42-3)22(35)17-21)39-32(40)29(46-34(39)38-25)16-19-9-12-27(28(15-19)43-4)45-18-20-8-11-23(36)24(37)14-20/h8-17,31H,5-7,18H2,1-4H3/b29-16-/t31-/m1/s1. The molecule has 0 saturated carbocycles. The third-order valence-corrected chi connectivity index (χ3v) is 9.59. The minimum absolute atomic E-state index is 0.195. The van der Waals surface area contributed by atoms with Crippen molar-refractivity contribution in [3.63, 3.8) is 0 Å². The van der Waals surface area contributed by atoms with Crippen LogP contribution in [0, 0.1) is 0 Å². The lowest BCUT2D eigenvalue weighted by molar-refractivity contribution is -0.139. The normalized spacial score (nSPS) is 14.5. The molecule has 12 heteroatoms. The van der Waals surface area contributed by atoms with E-state index in [9.17, 15) is 9.59 Å². The Bertz CT molecular complexity index is 2010. The second-order valence-electron chi connectivity index (χ2n) is 10.3. The Morgan fingerprint density at radius 1 is 1.00 bits per heavy atom. The van der Waals surface area contributed by atoms with E-state index in [0.29, 0.717) is 58.8 Å². The quantitative estimate of drug-likeness (QED) is 0.151. The van der Waals surface area contributed by atoms with Crippen molar-refractivity contribution in [2.24, 2.45) is 4.99 Å². The molecule has 0 amide bonds. The Morgan fingerprint density at radius 3 is 2.43 bits per heavy atom. The van der Waals surface area contributed by atoms with Crippen LogP contribution in [0.3, 0.4) is 0 Å². The molecule has 2 heterocycles. The summed E-state index contributed by atoms with van der Waals surface area (Å²) in [6.07, 6.45) is 3.09. The van der Waals surface area contributed by atoms with Crippen LogP contribution < -0.4 is 29.1 Å². The van der Waals surface area contributed by atoms with Crippen LogP contribution >= 0.6 is 50.5 Å². The monoisotopic (exact) mass is 744 g/mol. The Balaban J connectivity index is 1.58. The van der Waals surface area contributed by atoms with Gasteiger partial charge in [0, 0.05) is 0 Å². The molecule has 8 nitrogen and oxygen atoms in total. The molecule has 0 spiro atoms. The molecule has 1 aliphatic rings. The van der Waals surface area contributed by atoms with Gasteiger partial charge in [0.05, 0.1) is 57.2 Å². The van der Waals surface area contributed by atoms with Crippen molar-refractivity contribution in [3.8, 4) is 17.2 Å². The smallest absolute Gasteiger partial charge is 0.338 e. The number of esters is 1. The molecule has 3 aromatic carbocycles. The van der Waals surface area contributed by atoms with Crippen LogP contribution in [0.5, 0.6) is 17.2 Å². The molecule has 1 atom stereocenters. The molecular weight excluding hydrogens is 715 g/mol. The number of aromatic nitrogens is 1. The summed E-state index contributed by atoms with van der Waals surface area (Å²) in [5.74, 6) is 1.16. The van der Waals surface area contributed by atoms with E-state index in [1.807, 2.05) is 31.2 Å². The summed E-state index contributed by atoms with van der Waals surface area (Å²) in [6.45, 7) is 4.23. The van der Waals surface area contributed by atoms with Gasteiger partial charge in [-0.3, -0.25) is 9.36 Å². The summed E-state index contributed by atoms with van der Waals surface area (Å²) in [5.41, 5.74) is 2.98. The van der Waals surface area contributed by atoms with Crippen LogP contribution in [0.25, 0.3) is 6.08 Å². The van der Waals surface area contributed by atoms with Crippen molar-refractivity contribution in [3.05, 3.63) is 117 Å². The number of hydrogen-bond donors (Lipinski definition) is 0. The minimum Gasteiger partial charge on any atom is -0.496 e. The highest BCUT2D eigenvalue weighted by Crippen LogP contribution is 2.36. The predicted octanol–water partition coefficient (Wildman–Crippen LogP) is 7.24. The number of allylic oxidation sites excluding steroid dienone is 1. The summed E-state index contributed by atoms with van der Waals surface area (Å²) in [6, 6.07) is 15.5. The van der Waals surface area contributed by atoms with Gasteiger partial charge < -0.3 is 18.9 Å². The highest BCUT2D eigenvalue weighted by Gasteiger charge is 2.34. The highest BCUT2D eigenvalue weighted by atomic mass is 79.9. The zero-order chi connectivity index (χ0) is 33.0. The van der Waals surface area contributed by atoms with Gasteiger partial charge in [-0.1, -0.05) is 66.1 Å². The molecule has 1 aromatic heterocycles. The van der Waals surface area contributed by atoms with Crippen molar-refractivity contribution in [1.29, 1.82) is 0 Å². The maximum Gasteiger partial charge on any atom is 0.338 e. The van der Waals surface area contributed by atoms with Crippen molar-refractivity contribution in [2.75, 3.05) is 20.8 Å². The van der Waals surface area contributed by atoms with Gasteiger partial charge in [0.2, 0.25) is 0 Å². The first kappa shape index (κ1) is 33.8. The number of halogens is 3. The van der Waals surface area contributed by atoms with Gasteiger partial charge in [0.25, 0.3) is 5.56 Å². The molecule has 4 aromatic rings. The topological polar surface area (TPSA) is 88.4 Å². The van der Waals surface area contributed by atoms with E-state index in [0.717, 1.165) is 23.1 Å². The fourth-order valence-corrected chi connectivity index (χ4v) is 7.02. The first-order valence-electron chi connectivity index (χ1n) is 14.5. The number of hydrogen-bond acceptors (Lipinski definition) is 8. The second kappa shape index (κ2) is 14.9. The number of rotatable bonds is 11. The number of fused-ring (bicyclic) bond motifs is 1. The summed E-state index contributed by atoms with van der Waals surface area (Å²) < 4.78 is 25.2. The zero-order valence-electron chi connectivity index (χ0n) is 25.6. The Morgan fingerprint density at radius 2 is 1.76 bits per heavy atom. The number of carbonyl (C=O) groups is 1. The molecule has 0 aliphatic carbocycles. The second-order valence-corrected chi connectivity index (χ2v) is 12.9. The zero-order valence-corrected chi connectivity index (χ0v) is 29.5. The van der Waals surface area contributed by atoms with Crippen LogP contribution in [-0.2, 0) is 16.1 Å². The third kappa shape index (κ3) is 7.05. The molecule has 0 fully saturated rings. The number of methoxy groups -OCH3 is 2. The highest BCUT2D eigenvalue weighted by molar-refractivity contribution is 9.10. The Kier molecular flexibility index (Phi) is 10.9. The molecule has 0 bridgehead atoms. The number of thiazole rings is 1. The average molecular weight is 747 g/mol. The molecule has 0 radical (unpaired) electrons. The maximum atomic E-state index is 14.1. The summed E-state index contributed by atoms with van der Waals surface area (Å²) in [4.78, 5) is 32.9. The van der Waals surface area contributed by atoms with E-state index in [-0.39, 0.29) is 18.8 Å². The summed E-state index contributed by atoms with van der Waals surface area (Å²) in [5, 5.41) is 0.920. The van der Waals surface area contributed by atoms with Crippen molar-refractivity contribution in [1.82, 2.24) is 4.57 Å². The lowest BCUT2D eigenvalue weighted by Crippen LogP contribution is -2.40. The number of carbonyl (C=O) groups excluding carboxylic acids is 1. The van der Waals surface area contributed by atoms with E-state index in [2.05, 4.69) is 15.9 Å². The van der Waals surface area contributed by atoms with Gasteiger partial charge in [-0.2, -0.15) is 0 Å². The van der Waals surface area contributed by atoms with E-state index >= 15 is 0 Å². The van der Waals surface area contributed by atoms with Gasteiger partial charge in [-0.25, -0.2) is 9.79 Å². The van der Waals surface area contributed by atoms with Crippen LogP contribution in [0.2, 0.25) is 10.0 Å². The van der Waals surface area contributed by atoms with Crippen LogP contribution in [0.15, 0.2) is 80.1 Å². The molecule has 0 unspecified atom stereocenters. The first-order chi connectivity index (χ1) is 22.2. The van der Waals surface area contributed by atoms with Gasteiger partial charge in [-0.15, -0.1) is 0 Å². The van der Waals surface area contributed by atoms with E-state index in [4.69, 9.17) is 47.1 Å². The Hall–Kier alpha value is -3.57. The fourth-order valence-electron chi connectivity index (χ4n) is 5.12. The van der Waals surface area contributed by atoms with Crippen LogP contribution in [0.1, 0.15) is 49.4 Å². The molecule has 5 rings (SSSR count). The molecule has 0 N–H and O–H groups in total. The molecule has 46 heavy (non-hydrogen) atoms. The summed E-state index contributed by atoms with van der Waals surface area (Å²) in [7, 11) is 3.13. The molecule has 1 aliphatic heterocycles. The van der Waals surface area contributed by atoms with Crippen molar-refractivity contribution < 1.29 is 23.7 Å². The van der Waals surface area contributed by atoms with Gasteiger partial charge in [0.1, 0.15) is 12.4 Å². The molecule has 240 valence electrons. The summed E-state index contributed by atoms with van der Waals surface area (Å²) >= 11 is 17.0. The number of nitrogens with zero attached hydrogens (tertiary/aromatic N) is 2. The first-order valence-corrected chi connectivity index (χ1v) is 16.9. The SMILES string of the molecule is CCCC1=C(C(=O)OCC)[C@@H](c2ccc(OC)c(Br)c2)n2c(s/c(=C\c3ccc(OCc4ccc(Cl)c(Cl)c4)c(OC)c3)c2=O)=N1. The largest absolute Gasteiger partial charge is 0.496 e. The fraction of sp³-hybridized carbons (Fsp3) is 0.265. The van der Waals surface area contributed by atoms with Crippen molar-refractivity contribution >= 4 is 62.5 Å². The molecule has 0 saturated heterocycles. The minimum atomic E-state index is -0.743. The number of ether oxygens (including phenoxy) is 4. The van der Waals surface area contributed by atoms with Gasteiger partial charge in [-0.05, 0) is 88.4 Å². The van der Waals surface area contributed by atoms with Crippen LogP contribution in [0.4, 0.5) is 0 Å². The number of benzene rings is 3. The van der Waals surface area contributed by atoms with Gasteiger partial charge in [0.15, 0.2) is 16.3 Å². The van der Waals surface area contributed by atoms with Gasteiger partial charge >= 0.3 is 5.97 Å². The molecular formula is C34H31BrCl2N2O6S. The van der Waals surface area contributed by atoms with Crippen LogP contribution in [-0.4, -0.2) is 31.4 Å². The van der Waals surface area contributed by atoms with Crippen molar-refractivity contribution in [2.45, 2.75) is 39.3 Å². The maximum absolute atomic E-state index is 14.1. The average Bonchev–Trinajstić information content (AvgIpc) is 3.35.